The Morgan fingerprint density at radius 1 is 1.37 bits per heavy atom. The number of amides is 1. The van der Waals surface area contributed by atoms with Crippen LogP contribution < -0.4 is 5.32 Å². The predicted molar refractivity (Wildman–Crippen MR) is 78.3 cm³/mol. The molecular weight excluding hydrogens is 238 g/mol. The van der Waals surface area contributed by atoms with E-state index in [0.29, 0.717) is 13.0 Å². The third-order valence-corrected chi connectivity index (χ3v) is 3.29. The monoisotopic (exact) mass is 263 g/mol. The fourth-order valence-corrected chi connectivity index (χ4v) is 2.11. The summed E-state index contributed by atoms with van der Waals surface area (Å²) in [7, 11) is 1.61. The van der Waals surface area contributed by atoms with Gasteiger partial charge in [0.15, 0.2) is 0 Å². The van der Waals surface area contributed by atoms with E-state index in [0.717, 1.165) is 12.8 Å². The van der Waals surface area contributed by atoms with Crippen LogP contribution in [0.1, 0.15) is 36.5 Å². The van der Waals surface area contributed by atoms with Crippen molar-refractivity contribution in [1.29, 1.82) is 0 Å². The standard InChI is InChI=1S/C16H25NO2/c1-12-5-7-15(13(2)11-12)8-6-14(3)17-16(18)9-10-19-4/h5,7,11,14H,6,8-10H2,1-4H3,(H,17,18)/t14-/m1/s1. The zero-order valence-corrected chi connectivity index (χ0v) is 12.5. The van der Waals surface area contributed by atoms with Gasteiger partial charge < -0.3 is 10.1 Å². The van der Waals surface area contributed by atoms with Gasteiger partial charge in [-0.3, -0.25) is 4.79 Å². The molecule has 1 aromatic rings. The van der Waals surface area contributed by atoms with E-state index in [2.05, 4.69) is 37.4 Å². The molecule has 19 heavy (non-hydrogen) atoms. The Morgan fingerprint density at radius 2 is 2.11 bits per heavy atom. The minimum absolute atomic E-state index is 0.0648. The minimum Gasteiger partial charge on any atom is -0.384 e. The molecule has 0 saturated heterocycles. The number of carbonyl (C=O) groups is 1. The molecule has 0 fully saturated rings. The highest BCUT2D eigenvalue weighted by molar-refractivity contribution is 5.76. The van der Waals surface area contributed by atoms with E-state index in [9.17, 15) is 4.79 Å². The highest BCUT2D eigenvalue weighted by Gasteiger charge is 2.08. The van der Waals surface area contributed by atoms with Gasteiger partial charge in [-0.05, 0) is 44.7 Å². The maximum Gasteiger partial charge on any atom is 0.222 e. The molecule has 0 saturated carbocycles. The molecule has 3 nitrogen and oxygen atoms in total. The smallest absolute Gasteiger partial charge is 0.222 e. The van der Waals surface area contributed by atoms with Gasteiger partial charge >= 0.3 is 0 Å². The SMILES string of the molecule is COCCC(=O)N[C@H](C)CCc1ccc(C)cc1C. The van der Waals surface area contributed by atoms with Gasteiger partial charge in [0.2, 0.25) is 5.91 Å². The summed E-state index contributed by atoms with van der Waals surface area (Å²) in [4.78, 5) is 11.5. The summed E-state index contributed by atoms with van der Waals surface area (Å²) in [6.45, 7) is 6.78. The Morgan fingerprint density at radius 3 is 2.74 bits per heavy atom. The van der Waals surface area contributed by atoms with E-state index in [1.54, 1.807) is 7.11 Å². The van der Waals surface area contributed by atoms with Gasteiger partial charge in [-0.1, -0.05) is 23.8 Å². The minimum atomic E-state index is 0.0648. The average molecular weight is 263 g/mol. The van der Waals surface area contributed by atoms with Crippen molar-refractivity contribution < 1.29 is 9.53 Å². The van der Waals surface area contributed by atoms with E-state index >= 15 is 0 Å². The van der Waals surface area contributed by atoms with Gasteiger partial charge in [0.05, 0.1) is 6.61 Å². The van der Waals surface area contributed by atoms with Crippen molar-refractivity contribution in [3.05, 3.63) is 34.9 Å². The van der Waals surface area contributed by atoms with Gasteiger partial charge in [-0.15, -0.1) is 0 Å². The number of aryl methyl sites for hydroxylation is 3. The first kappa shape index (κ1) is 15.7. The van der Waals surface area contributed by atoms with Crippen molar-refractivity contribution in [1.82, 2.24) is 5.32 Å². The van der Waals surface area contributed by atoms with E-state index in [1.807, 2.05) is 6.92 Å². The van der Waals surface area contributed by atoms with Crippen molar-refractivity contribution in [3.8, 4) is 0 Å². The predicted octanol–water partition coefficient (Wildman–Crippen LogP) is 2.78. The van der Waals surface area contributed by atoms with Crippen molar-refractivity contribution in [2.45, 2.75) is 46.1 Å². The summed E-state index contributed by atoms with van der Waals surface area (Å²) >= 11 is 0. The first-order valence-corrected chi connectivity index (χ1v) is 6.87. The number of nitrogens with one attached hydrogen (secondary N) is 1. The Labute approximate surface area is 116 Å². The Kier molecular flexibility index (Phi) is 6.57. The molecule has 3 heteroatoms. The van der Waals surface area contributed by atoms with Gasteiger partial charge in [0, 0.05) is 19.6 Å². The zero-order valence-electron chi connectivity index (χ0n) is 12.5. The largest absolute Gasteiger partial charge is 0.384 e. The second kappa shape index (κ2) is 7.95. The first-order chi connectivity index (χ1) is 9.02. The second-order valence-electron chi connectivity index (χ2n) is 5.18. The molecule has 1 amide bonds. The fraction of sp³-hybridized carbons (Fsp3) is 0.562. The molecule has 1 N–H and O–H groups in total. The quantitative estimate of drug-likeness (QED) is 0.821. The van der Waals surface area contributed by atoms with Crippen LogP contribution in [0, 0.1) is 13.8 Å². The molecule has 0 unspecified atom stereocenters. The summed E-state index contributed by atoms with van der Waals surface area (Å²) in [5.41, 5.74) is 3.99. The highest BCUT2D eigenvalue weighted by atomic mass is 16.5. The van der Waals surface area contributed by atoms with E-state index in [4.69, 9.17) is 4.74 Å². The van der Waals surface area contributed by atoms with E-state index in [-0.39, 0.29) is 11.9 Å². The second-order valence-corrected chi connectivity index (χ2v) is 5.18. The van der Waals surface area contributed by atoms with Crippen molar-refractivity contribution in [2.75, 3.05) is 13.7 Å². The van der Waals surface area contributed by atoms with Crippen LogP contribution in [0.3, 0.4) is 0 Å². The van der Waals surface area contributed by atoms with E-state index in [1.165, 1.54) is 16.7 Å². The van der Waals surface area contributed by atoms with Crippen molar-refractivity contribution in [2.24, 2.45) is 0 Å². The van der Waals surface area contributed by atoms with Crippen LogP contribution in [0.15, 0.2) is 18.2 Å². The molecule has 0 aliphatic rings. The fourth-order valence-electron chi connectivity index (χ4n) is 2.11. The molecule has 1 rings (SSSR count). The normalized spacial score (nSPS) is 12.2. The third-order valence-electron chi connectivity index (χ3n) is 3.29. The van der Waals surface area contributed by atoms with Crippen LogP contribution in [0.2, 0.25) is 0 Å². The van der Waals surface area contributed by atoms with Gasteiger partial charge in [-0.25, -0.2) is 0 Å². The molecule has 106 valence electrons. The number of benzene rings is 1. The van der Waals surface area contributed by atoms with E-state index < -0.39 is 0 Å². The number of carbonyl (C=O) groups excluding carboxylic acids is 1. The number of methoxy groups -OCH3 is 1. The number of hydrogen-bond acceptors (Lipinski definition) is 2. The van der Waals surface area contributed by atoms with Gasteiger partial charge in [-0.2, -0.15) is 0 Å². The molecule has 0 heterocycles. The lowest BCUT2D eigenvalue weighted by molar-refractivity contribution is -0.122. The van der Waals surface area contributed by atoms with Crippen molar-refractivity contribution in [3.63, 3.8) is 0 Å². The third kappa shape index (κ3) is 5.88. The summed E-state index contributed by atoms with van der Waals surface area (Å²) in [6.07, 6.45) is 2.39. The summed E-state index contributed by atoms with van der Waals surface area (Å²) in [5.74, 6) is 0.0648. The number of ether oxygens (including phenoxy) is 1. The Balaban J connectivity index is 2.37. The summed E-state index contributed by atoms with van der Waals surface area (Å²) in [5, 5.41) is 3.00. The summed E-state index contributed by atoms with van der Waals surface area (Å²) in [6, 6.07) is 6.73. The Hall–Kier alpha value is -1.35. The topological polar surface area (TPSA) is 38.3 Å². The lowest BCUT2D eigenvalue weighted by Crippen LogP contribution is -2.33. The zero-order chi connectivity index (χ0) is 14.3. The first-order valence-electron chi connectivity index (χ1n) is 6.87. The number of hydrogen-bond donors (Lipinski definition) is 1. The summed E-state index contributed by atoms with van der Waals surface area (Å²) < 4.78 is 4.89. The maximum absolute atomic E-state index is 11.5. The Bertz CT molecular complexity index is 415. The molecule has 1 atom stereocenters. The van der Waals surface area contributed by atoms with Gasteiger partial charge in [0.25, 0.3) is 0 Å². The van der Waals surface area contributed by atoms with Crippen LogP contribution in [-0.4, -0.2) is 25.7 Å². The molecular formula is C16H25NO2. The van der Waals surface area contributed by atoms with Crippen LogP contribution >= 0.6 is 0 Å². The molecule has 0 aliphatic carbocycles. The molecule has 0 aliphatic heterocycles. The molecule has 0 radical (unpaired) electrons. The molecule has 0 bridgehead atoms. The lowest BCUT2D eigenvalue weighted by atomic mass is 10.00. The molecule has 1 aromatic carbocycles. The van der Waals surface area contributed by atoms with Crippen LogP contribution in [0.5, 0.6) is 0 Å². The molecule has 0 aromatic heterocycles. The lowest BCUT2D eigenvalue weighted by Gasteiger charge is -2.15. The number of rotatable bonds is 7. The maximum atomic E-state index is 11.5. The van der Waals surface area contributed by atoms with Crippen molar-refractivity contribution >= 4 is 5.91 Å². The van der Waals surface area contributed by atoms with Crippen LogP contribution in [0.25, 0.3) is 0 Å². The highest BCUT2D eigenvalue weighted by Crippen LogP contribution is 2.13. The van der Waals surface area contributed by atoms with Gasteiger partial charge in [0.1, 0.15) is 0 Å². The van der Waals surface area contributed by atoms with Crippen LogP contribution in [0.4, 0.5) is 0 Å². The molecule has 0 spiro atoms. The average Bonchev–Trinajstić information content (AvgIpc) is 2.35. The van der Waals surface area contributed by atoms with Crippen LogP contribution in [-0.2, 0) is 16.0 Å².